The lowest BCUT2D eigenvalue weighted by atomic mass is 10.2. The predicted octanol–water partition coefficient (Wildman–Crippen LogP) is 3.50. The molecule has 0 unspecified atom stereocenters. The van der Waals surface area contributed by atoms with Crippen LogP contribution in [0.1, 0.15) is 22.8 Å². The fraction of sp³-hybridized carbons (Fsp3) is 0.263. The SMILES string of the molecule is COc1cccc(C(=O)NCCN(C(C)=O)c2ccc(C(F)(F)F)cc2)c1. The largest absolute Gasteiger partial charge is 0.497 e. The number of halogens is 3. The maximum Gasteiger partial charge on any atom is 0.416 e. The second-order valence-corrected chi connectivity index (χ2v) is 5.70. The Morgan fingerprint density at radius 1 is 1.11 bits per heavy atom. The van der Waals surface area contributed by atoms with E-state index in [1.54, 1.807) is 24.3 Å². The van der Waals surface area contributed by atoms with E-state index in [1.165, 1.54) is 31.1 Å². The molecule has 0 aliphatic carbocycles. The summed E-state index contributed by atoms with van der Waals surface area (Å²) >= 11 is 0. The molecule has 2 aromatic carbocycles. The van der Waals surface area contributed by atoms with Crippen LogP contribution in [0.25, 0.3) is 0 Å². The summed E-state index contributed by atoms with van der Waals surface area (Å²) in [5, 5.41) is 2.67. The molecule has 0 bridgehead atoms. The summed E-state index contributed by atoms with van der Waals surface area (Å²) in [5.74, 6) is -0.145. The number of alkyl halides is 3. The molecule has 0 radical (unpaired) electrons. The Hall–Kier alpha value is -3.03. The molecule has 0 atom stereocenters. The summed E-state index contributed by atoms with van der Waals surface area (Å²) in [6.07, 6.45) is -4.44. The zero-order valence-corrected chi connectivity index (χ0v) is 14.8. The number of rotatable bonds is 6. The highest BCUT2D eigenvalue weighted by Crippen LogP contribution is 2.30. The van der Waals surface area contributed by atoms with E-state index in [9.17, 15) is 22.8 Å². The van der Waals surface area contributed by atoms with Crippen LogP contribution < -0.4 is 15.0 Å². The first-order valence-electron chi connectivity index (χ1n) is 8.10. The minimum absolute atomic E-state index is 0.121. The van der Waals surface area contributed by atoms with Crippen LogP contribution in [0, 0.1) is 0 Å². The summed E-state index contributed by atoms with van der Waals surface area (Å²) in [5.41, 5.74) is -0.0644. The number of benzene rings is 2. The van der Waals surface area contributed by atoms with Gasteiger partial charge in [-0.05, 0) is 42.5 Å². The van der Waals surface area contributed by atoms with E-state index in [0.29, 0.717) is 17.0 Å². The van der Waals surface area contributed by atoms with Gasteiger partial charge in [0, 0.05) is 31.3 Å². The van der Waals surface area contributed by atoms with Crippen LogP contribution in [0.15, 0.2) is 48.5 Å². The zero-order valence-electron chi connectivity index (χ0n) is 14.8. The standard InChI is InChI=1S/C19H19F3N2O3/c1-13(25)24(16-8-6-15(7-9-16)19(20,21)22)11-10-23-18(26)14-4-3-5-17(12-14)27-2/h3-9,12H,10-11H2,1-2H3,(H,23,26). The van der Waals surface area contributed by atoms with Gasteiger partial charge in [-0.25, -0.2) is 0 Å². The Morgan fingerprint density at radius 2 is 1.78 bits per heavy atom. The van der Waals surface area contributed by atoms with Crippen molar-refractivity contribution in [1.29, 1.82) is 0 Å². The highest BCUT2D eigenvalue weighted by molar-refractivity contribution is 5.95. The number of carbonyl (C=O) groups excluding carboxylic acids is 2. The van der Waals surface area contributed by atoms with E-state index in [4.69, 9.17) is 4.74 Å². The molecule has 2 aromatic rings. The van der Waals surface area contributed by atoms with Crippen molar-refractivity contribution < 1.29 is 27.5 Å². The first-order chi connectivity index (χ1) is 12.7. The van der Waals surface area contributed by atoms with Crippen LogP contribution in [-0.2, 0) is 11.0 Å². The second-order valence-electron chi connectivity index (χ2n) is 5.70. The minimum atomic E-state index is -4.44. The average molecular weight is 380 g/mol. The molecule has 0 saturated heterocycles. The molecule has 144 valence electrons. The summed E-state index contributed by atoms with van der Waals surface area (Å²) in [4.78, 5) is 25.3. The Balaban J connectivity index is 2.00. The van der Waals surface area contributed by atoms with Crippen molar-refractivity contribution in [2.75, 3.05) is 25.1 Å². The summed E-state index contributed by atoms with van der Waals surface area (Å²) in [7, 11) is 1.49. The topological polar surface area (TPSA) is 58.6 Å². The first-order valence-corrected chi connectivity index (χ1v) is 8.10. The number of nitrogens with zero attached hydrogens (tertiary/aromatic N) is 1. The number of ether oxygens (including phenoxy) is 1. The molecular weight excluding hydrogens is 361 g/mol. The molecule has 0 spiro atoms. The zero-order chi connectivity index (χ0) is 20.0. The molecule has 0 aliphatic rings. The molecule has 2 amide bonds. The van der Waals surface area contributed by atoms with Crippen LogP contribution >= 0.6 is 0 Å². The molecular formula is C19H19F3N2O3. The quantitative estimate of drug-likeness (QED) is 0.835. The van der Waals surface area contributed by atoms with Crippen molar-refractivity contribution in [3.05, 3.63) is 59.7 Å². The monoisotopic (exact) mass is 380 g/mol. The third-order valence-corrected chi connectivity index (χ3v) is 3.84. The average Bonchev–Trinajstić information content (AvgIpc) is 2.64. The lowest BCUT2D eigenvalue weighted by Gasteiger charge is -2.22. The van der Waals surface area contributed by atoms with Crippen LogP contribution in [0.2, 0.25) is 0 Å². The Bertz CT molecular complexity index is 805. The third-order valence-electron chi connectivity index (χ3n) is 3.84. The van der Waals surface area contributed by atoms with E-state index < -0.39 is 11.7 Å². The number of hydrogen-bond acceptors (Lipinski definition) is 3. The van der Waals surface area contributed by atoms with Gasteiger partial charge in [-0.1, -0.05) is 6.07 Å². The van der Waals surface area contributed by atoms with Crippen LogP contribution in [0.3, 0.4) is 0 Å². The predicted molar refractivity (Wildman–Crippen MR) is 94.8 cm³/mol. The Morgan fingerprint density at radius 3 is 2.33 bits per heavy atom. The van der Waals surface area contributed by atoms with Crippen molar-refractivity contribution in [2.45, 2.75) is 13.1 Å². The Kier molecular flexibility index (Phi) is 6.44. The molecule has 0 saturated carbocycles. The number of amides is 2. The number of nitrogens with one attached hydrogen (secondary N) is 1. The van der Waals surface area contributed by atoms with Crippen molar-refractivity contribution >= 4 is 17.5 Å². The summed E-state index contributed by atoms with van der Waals surface area (Å²) in [6, 6.07) is 10.9. The number of hydrogen-bond donors (Lipinski definition) is 1. The highest BCUT2D eigenvalue weighted by Gasteiger charge is 2.30. The van der Waals surface area contributed by atoms with Gasteiger partial charge in [-0.2, -0.15) is 13.2 Å². The van der Waals surface area contributed by atoms with E-state index >= 15 is 0 Å². The lowest BCUT2D eigenvalue weighted by Crippen LogP contribution is -2.37. The lowest BCUT2D eigenvalue weighted by molar-refractivity contribution is -0.137. The third kappa shape index (κ3) is 5.47. The molecule has 0 fully saturated rings. The molecule has 8 heteroatoms. The Labute approximate surface area is 154 Å². The number of anilines is 1. The molecule has 27 heavy (non-hydrogen) atoms. The highest BCUT2D eigenvalue weighted by atomic mass is 19.4. The normalized spacial score (nSPS) is 11.0. The van der Waals surface area contributed by atoms with E-state index in [-0.39, 0.29) is 24.9 Å². The van der Waals surface area contributed by atoms with Crippen molar-refractivity contribution in [2.24, 2.45) is 0 Å². The minimum Gasteiger partial charge on any atom is -0.497 e. The van der Waals surface area contributed by atoms with E-state index in [2.05, 4.69) is 5.32 Å². The maximum absolute atomic E-state index is 12.6. The smallest absolute Gasteiger partial charge is 0.416 e. The molecule has 0 aliphatic heterocycles. The van der Waals surface area contributed by atoms with Gasteiger partial charge in [0.05, 0.1) is 12.7 Å². The van der Waals surface area contributed by atoms with Crippen molar-refractivity contribution in [1.82, 2.24) is 5.32 Å². The maximum atomic E-state index is 12.6. The van der Waals surface area contributed by atoms with E-state index in [0.717, 1.165) is 12.1 Å². The van der Waals surface area contributed by atoms with Crippen LogP contribution in [0.5, 0.6) is 5.75 Å². The van der Waals surface area contributed by atoms with Gasteiger partial charge in [0.1, 0.15) is 5.75 Å². The van der Waals surface area contributed by atoms with Gasteiger partial charge in [0.15, 0.2) is 0 Å². The summed E-state index contributed by atoms with van der Waals surface area (Å²) < 4.78 is 43.0. The van der Waals surface area contributed by atoms with Crippen LogP contribution in [-0.4, -0.2) is 32.0 Å². The van der Waals surface area contributed by atoms with E-state index in [1.807, 2.05) is 0 Å². The second kappa shape index (κ2) is 8.57. The summed E-state index contributed by atoms with van der Waals surface area (Å²) in [6.45, 7) is 1.56. The van der Waals surface area contributed by atoms with Gasteiger partial charge in [-0.15, -0.1) is 0 Å². The van der Waals surface area contributed by atoms with Crippen molar-refractivity contribution in [3.8, 4) is 5.75 Å². The van der Waals surface area contributed by atoms with Gasteiger partial charge >= 0.3 is 6.18 Å². The van der Waals surface area contributed by atoms with Gasteiger partial charge in [-0.3, -0.25) is 9.59 Å². The van der Waals surface area contributed by atoms with Gasteiger partial charge < -0.3 is 15.0 Å². The molecule has 5 nitrogen and oxygen atoms in total. The van der Waals surface area contributed by atoms with Gasteiger partial charge in [0.25, 0.3) is 5.91 Å². The molecule has 0 heterocycles. The fourth-order valence-electron chi connectivity index (χ4n) is 2.45. The first kappa shape index (κ1) is 20.3. The number of methoxy groups -OCH3 is 1. The van der Waals surface area contributed by atoms with Crippen molar-refractivity contribution in [3.63, 3.8) is 0 Å². The number of carbonyl (C=O) groups is 2. The molecule has 1 N–H and O–H groups in total. The fourth-order valence-corrected chi connectivity index (χ4v) is 2.45. The van der Waals surface area contributed by atoms with Gasteiger partial charge in [0.2, 0.25) is 5.91 Å². The molecule has 2 rings (SSSR count). The van der Waals surface area contributed by atoms with Crippen LogP contribution in [0.4, 0.5) is 18.9 Å². The molecule has 0 aromatic heterocycles.